The van der Waals surface area contributed by atoms with Crippen LogP contribution in [0.15, 0.2) is 24.5 Å². The van der Waals surface area contributed by atoms with Gasteiger partial charge in [0, 0.05) is 46.2 Å². The molecular formula is C64H82BrClMgOS2. The largest absolute Gasteiger partial charge is 2.00 e. The minimum atomic E-state index is -1.07. The van der Waals surface area contributed by atoms with Crippen molar-refractivity contribution in [2.24, 2.45) is 0 Å². The normalized spacial score (nSPS) is 12.5. The van der Waals surface area contributed by atoms with E-state index in [9.17, 15) is 4.21 Å². The predicted molar refractivity (Wildman–Crippen MR) is 299 cm³/mol. The van der Waals surface area contributed by atoms with Crippen LogP contribution in [-0.4, -0.2) is 27.3 Å². The third kappa shape index (κ3) is 9.90. The fourth-order valence-electron chi connectivity index (χ4n) is 11.2. The van der Waals surface area contributed by atoms with Crippen LogP contribution in [0.4, 0.5) is 0 Å². The molecule has 0 saturated carbocycles. The monoisotopic (exact) mass is 1070 g/mol. The molecule has 0 aliphatic carbocycles. The number of hydrogen-bond acceptors (Lipinski definition) is 1. The molecule has 372 valence electrons. The number of fused-ring (bicyclic) bond motifs is 4. The second-order valence-corrected chi connectivity index (χ2v) is 24.1. The van der Waals surface area contributed by atoms with Gasteiger partial charge in [-0.1, -0.05) is 34.6 Å². The Labute approximate surface area is 464 Å². The molecule has 2 aliphatic heterocycles. The van der Waals surface area contributed by atoms with E-state index in [1.807, 2.05) is 0 Å². The van der Waals surface area contributed by atoms with Crippen molar-refractivity contribution < 1.29 is 33.6 Å². The van der Waals surface area contributed by atoms with Gasteiger partial charge >= 0.3 is 23.1 Å². The van der Waals surface area contributed by atoms with Crippen molar-refractivity contribution in [3.8, 4) is 0 Å². The molecule has 0 atom stereocenters. The summed E-state index contributed by atoms with van der Waals surface area (Å²) in [4.78, 5) is 6.95. The minimum Gasteiger partial charge on any atom is -1.00 e. The van der Waals surface area contributed by atoms with E-state index >= 15 is 0 Å². The first-order valence-corrected chi connectivity index (χ1v) is 27.0. The molecule has 0 aromatic heterocycles. The van der Waals surface area contributed by atoms with Gasteiger partial charge in [0.15, 0.2) is 14.7 Å². The van der Waals surface area contributed by atoms with E-state index in [0.717, 1.165) is 22.6 Å². The van der Waals surface area contributed by atoms with Crippen molar-refractivity contribution in [1.29, 1.82) is 0 Å². The Bertz CT molecular complexity index is 2920. The van der Waals surface area contributed by atoms with Gasteiger partial charge in [0.25, 0.3) is 0 Å². The van der Waals surface area contributed by atoms with Crippen LogP contribution in [0.3, 0.4) is 0 Å². The number of aryl methyl sites for hydroxylation is 2. The summed E-state index contributed by atoms with van der Waals surface area (Å²) in [5.41, 5.74) is 42.1. The van der Waals surface area contributed by atoms with Crippen LogP contribution in [0.5, 0.6) is 0 Å². The van der Waals surface area contributed by atoms with E-state index in [1.165, 1.54) is 156 Å². The Kier molecular flexibility index (Phi) is 20.1. The second-order valence-electron chi connectivity index (χ2n) is 20.9. The maximum atomic E-state index is 13.5. The molecule has 2 aliphatic rings. The Morgan fingerprint density at radius 3 is 0.829 bits per heavy atom. The van der Waals surface area contributed by atoms with Crippen LogP contribution in [0.25, 0.3) is 0 Å². The Morgan fingerprint density at radius 1 is 0.300 bits per heavy atom. The number of hydrogen-bond donors (Lipinski definition) is 0. The fraction of sp³-hybridized carbons (Fsp3) is 0.438. The SMILES string of the molecule is Cc1[c-]c(C)c(C)c(C)c1C.Cc1c(C)c(C)c([S+]2c3c(C)c(C)c(C)c(C)c3Cc3c(C)c(C)c(C)c(C)c32)c(C)c1C.Cc1c(C)c(C)c2c(c1C)Cc1c(C)c(C)c(C)c(C)c1S2=O.[Br-].[Cl-].[Mg+2]. The van der Waals surface area contributed by atoms with Gasteiger partial charge in [0.2, 0.25) is 0 Å². The molecule has 0 amide bonds. The van der Waals surface area contributed by atoms with E-state index in [1.54, 1.807) is 25.8 Å². The summed E-state index contributed by atoms with van der Waals surface area (Å²) >= 11 is 0. The molecule has 6 heteroatoms. The summed E-state index contributed by atoms with van der Waals surface area (Å²) < 4.78 is 13.5. The van der Waals surface area contributed by atoms with Gasteiger partial charge in [-0.2, -0.15) is 33.9 Å². The van der Waals surface area contributed by atoms with E-state index < -0.39 is 10.8 Å². The number of benzene rings is 6. The fourth-order valence-corrected chi connectivity index (χ4v) is 16.5. The van der Waals surface area contributed by atoms with E-state index in [4.69, 9.17) is 0 Å². The van der Waals surface area contributed by atoms with Crippen LogP contribution < -0.4 is 29.4 Å². The molecule has 1 nitrogen and oxygen atoms in total. The van der Waals surface area contributed by atoms with Crippen molar-refractivity contribution in [2.45, 2.75) is 217 Å². The zero-order chi connectivity index (χ0) is 50.5. The van der Waals surface area contributed by atoms with Crippen LogP contribution in [-0.2, 0) is 34.5 Å². The van der Waals surface area contributed by atoms with Gasteiger partial charge in [0.05, 0.1) is 20.6 Å². The smallest absolute Gasteiger partial charge is 1.00 e. The van der Waals surface area contributed by atoms with Crippen LogP contribution >= 0.6 is 0 Å². The summed E-state index contributed by atoms with van der Waals surface area (Å²) in [6.07, 6.45) is 1.98. The molecule has 2 heterocycles. The summed E-state index contributed by atoms with van der Waals surface area (Å²) in [5, 5.41) is 0. The molecule has 0 fully saturated rings. The number of halogens is 2. The topological polar surface area (TPSA) is 17.1 Å². The molecule has 0 unspecified atom stereocenters. The second kappa shape index (κ2) is 22.9. The maximum absolute atomic E-state index is 13.5. The van der Waals surface area contributed by atoms with Gasteiger partial charge < -0.3 is 29.4 Å². The minimum absolute atomic E-state index is 0. The third-order valence-electron chi connectivity index (χ3n) is 18.3. The maximum Gasteiger partial charge on any atom is 2.00 e. The zero-order valence-electron chi connectivity index (χ0n) is 48.1. The first-order valence-electron chi connectivity index (χ1n) is 24.6. The summed E-state index contributed by atoms with van der Waals surface area (Å²) in [6.45, 7) is 58.6. The van der Waals surface area contributed by atoms with Gasteiger partial charge in [-0.15, -0.1) is 0 Å². The van der Waals surface area contributed by atoms with Gasteiger partial charge in [-0.25, -0.2) is 4.21 Å². The molecule has 0 spiro atoms. The quantitative estimate of drug-likeness (QED) is 0.0910. The standard InChI is InChI=1S/C32H41S.C21H26OS.C11H15.BrH.ClH.Mg/c1-15-18(4)24(10)30(25(11)19(15)5)33-31-26(12)20(6)16(2)22(8)28(31)14-29-23(9)17(3)21(7)27(13)32(29)33;1-10-12(3)16(7)20-18(14(10)5)9-19-15(6)11(2)13(4)17(8)21(19)23(20)22;1-7-6-8(2)10(4)11(5)9(7)3;;;/h14H2,1-13H3;9H2,1-8H3;1-5H3;2*1H;/q+1;;-1;;;+2/p-2. The molecule has 0 N–H and O–H groups in total. The predicted octanol–water partition coefficient (Wildman–Crippen LogP) is 10.6. The molecule has 70 heavy (non-hydrogen) atoms. The summed E-state index contributed by atoms with van der Waals surface area (Å²) in [7, 11) is -1.16. The van der Waals surface area contributed by atoms with E-state index in [0.29, 0.717) is 0 Å². The van der Waals surface area contributed by atoms with Crippen molar-refractivity contribution >= 4 is 44.7 Å². The summed E-state index contributed by atoms with van der Waals surface area (Å²) in [5.74, 6) is 0. The van der Waals surface area contributed by atoms with E-state index in [2.05, 4.69) is 186 Å². The van der Waals surface area contributed by atoms with Crippen molar-refractivity contribution in [3.05, 3.63) is 173 Å². The average molecular weight is 1070 g/mol. The Hall–Kier alpha value is -2.64. The van der Waals surface area contributed by atoms with Crippen LogP contribution in [0, 0.1) is 186 Å². The molecule has 0 saturated heterocycles. The number of rotatable bonds is 1. The molecule has 0 bridgehead atoms. The molecule has 6 aromatic rings. The molecule has 8 rings (SSSR count). The zero-order valence-corrected chi connectivity index (χ0v) is 53.5. The Balaban J connectivity index is 0.000000304. The van der Waals surface area contributed by atoms with Crippen LogP contribution in [0.1, 0.15) is 167 Å². The van der Waals surface area contributed by atoms with Crippen molar-refractivity contribution in [3.63, 3.8) is 0 Å². The van der Waals surface area contributed by atoms with Crippen molar-refractivity contribution in [1.82, 2.24) is 0 Å². The Morgan fingerprint density at radius 2 is 0.514 bits per heavy atom. The molecule has 6 aromatic carbocycles. The molecule has 0 radical (unpaired) electrons. The first-order chi connectivity index (χ1) is 31.0. The van der Waals surface area contributed by atoms with Gasteiger partial charge in [0.1, 0.15) is 10.9 Å². The van der Waals surface area contributed by atoms with Crippen LogP contribution in [0.2, 0.25) is 0 Å². The van der Waals surface area contributed by atoms with Gasteiger partial charge in [-0.05, 0) is 251 Å². The first kappa shape index (κ1) is 61.7. The van der Waals surface area contributed by atoms with E-state index in [-0.39, 0.29) is 63.3 Å². The third-order valence-corrected chi connectivity index (χ3v) is 23.1. The van der Waals surface area contributed by atoms with Crippen molar-refractivity contribution in [2.75, 3.05) is 0 Å². The summed E-state index contributed by atoms with van der Waals surface area (Å²) in [6, 6.07) is 3.35. The van der Waals surface area contributed by atoms with Gasteiger partial charge in [-0.3, -0.25) is 0 Å². The molecular weight excluding hydrogens is 988 g/mol. The average Bonchev–Trinajstić information content (AvgIpc) is 3.30.